The summed E-state index contributed by atoms with van der Waals surface area (Å²) in [5, 5.41) is 3.76. The van der Waals surface area contributed by atoms with Crippen molar-refractivity contribution < 1.29 is 4.39 Å². The lowest BCUT2D eigenvalue weighted by Crippen LogP contribution is -2.46. The van der Waals surface area contributed by atoms with Crippen LogP contribution in [0.15, 0.2) is 18.2 Å². The van der Waals surface area contributed by atoms with Gasteiger partial charge in [-0.1, -0.05) is 0 Å². The second-order valence-corrected chi connectivity index (χ2v) is 6.88. The SMILES string of the molecule is Cc1cc(F)ccc1N1CCC(NCC2CCCN2C)CC1. The molecule has 0 aromatic heterocycles. The van der Waals surface area contributed by atoms with Gasteiger partial charge in [-0.2, -0.15) is 0 Å². The maximum absolute atomic E-state index is 13.2. The lowest BCUT2D eigenvalue weighted by molar-refractivity contribution is 0.282. The predicted molar refractivity (Wildman–Crippen MR) is 90.0 cm³/mol. The number of likely N-dealkylation sites (N-methyl/N-ethyl adjacent to an activating group) is 1. The highest BCUT2D eigenvalue weighted by molar-refractivity contribution is 5.53. The molecule has 0 saturated carbocycles. The smallest absolute Gasteiger partial charge is 0.123 e. The molecule has 3 rings (SSSR count). The molecule has 1 unspecified atom stereocenters. The van der Waals surface area contributed by atoms with Gasteiger partial charge in [-0.25, -0.2) is 4.39 Å². The summed E-state index contributed by atoms with van der Waals surface area (Å²) >= 11 is 0. The minimum absolute atomic E-state index is 0.140. The molecule has 1 N–H and O–H groups in total. The summed E-state index contributed by atoms with van der Waals surface area (Å²) in [5.41, 5.74) is 2.23. The first-order valence-electron chi connectivity index (χ1n) is 8.58. The Balaban J connectivity index is 1.48. The highest BCUT2D eigenvalue weighted by Gasteiger charge is 2.24. The van der Waals surface area contributed by atoms with Crippen LogP contribution in [-0.4, -0.2) is 50.2 Å². The molecule has 0 amide bonds. The molecular weight excluding hydrogens is 277 g/mol. The monoisotopic (exact) mass is 305 g/mol. The summed E-state index contributed by atoms with van der Waals surface area (Å²) in [6.45, 7) is 6.49. The largest absolute Gasteiger partial charge is 0.371 e. The first kappa shape index (κ1) is 15.8. The molecule has 2 heterocycles. The fraction of sp³-hybridized carbons (Fsp3) is 0.667. The van der Waals surface area contributed by atoms with Gasteiger partial charge in [0.15, 0.2) is 0 Å². The number of nitrogens with one attached hydrogen (secondary N) is 1. The Kier molecular flexibility index (Phi) is 4.99. The topological polar surface area (TPSA) is 18.5 Å². The van der Waals surface area contributed by atoms with Gasteiger partial charge in [0.25, 0.3) is 0 Å². The van der Waals surface area contributed by atoms with E-state index in [4.69, 9.17) is 0 Å². The molecule has 2 saturated heterocycles. The number of aryl methyl sites for hydroxylation is 1. The molecule has 0 bridgehead atoms. The van der Waals surface area contributed by atoms with Crippen LogP contribution in [0.5, 0.6) is 0 Å². The normalized spacial score (nSPS) is 24.1. The molecule has 0 radical (unpaired) electrons. The van der Waals surface area contributed by atoms with Crippen LogP contribution in [0.25, 0.3) is 0 Å². The second kappa shape index (κ2) is 6.97. The van der Waals surface area contributed by atoms with E-state index in [1.54, 1.807) is 12.1 Å². The van der Waals surface area contributed by atoms with Gasteiger partial charge in [0, 0.05) is 37.4 Å². The fourth-order valence-corrected chi connectivity index (χ4v) is 3.84. The Bertz CT molecular complexity index is 497. The number of likely N-dealkylation sites (tertiary alicyclic amines) is 1. The van der Waals surface area contributed by atoms with Crippen LogP contribution in [0.1, 0.15) is 31.2 Å². The number of rotatable bonds is 4. The number of halogens is 1. The van der Waals surface area contributed by atoms with Gasteiger partial charge in [0.2, 0.25) is 0 Å². The Morgan fingerprint density at radius 1 is 1.18 bits per heavy atom. The Morgan fingerprint density at radius 2 is 1.95 bits per heavy atom. The quantitative estimate of drug-likeness (QED) is 0.923. The molecule has 1 aromatic carbocycles. The third-order valence-electron chi connectivity index (χ3n) is 5.31. The Labute approximate surface area is 133 Å². The molecule has 22 heavy (non-hydrogen) atoms. The molecule has 0 spiro atoms. The zero-order chi connectivity index (χ0) is 15.5. The van der Waals surface area contributed by atoms with Crippen LogP contribution in [0, 0.1) is 12.7 Å². The zero-order valence-electron chi connectivity index (χ0n) is 13.8. The van der Waals surface area contributed by atoms with Gasteiger partial charge < -0.3 is 15.1 Å². The van der Waals surface area contributed by atoms with Gasteiger partial charge in [-0.3, -0.25) is 0 Å². The maximum atomic E-state index is 13.2. The van der Waals surface area contributed by atoms with Crippen LogP contribution in [0.3, 0.4) is 0 Å². The molecule has 4 heteroatoms. The van der Waals surface area contributed by atoms with E-state index in [2.05, 4.69) is 22.2 Å². The number of piperidine rings is 1. The van der Waals surface area contributed by atoms with E-state index < -0.39 is 0 Å². The minimum Gasteiger partial charge on any atom is -0.371 e. The van der Waals surface area contributed by atoms with E-state index in [1.165, 1.54) is 37.9 Å². The van der Waals surface area contributed by atoms with Gasteiger partial charge in [-0.05, 0) is 70.0 Å². The van der Waals surface area contributed by atoms with E-state index in [0.29, 0.717) is 6.04 Å². The van der Waals surface area contributed by atoms with Crippen LogP contribution in [0.2, 0.25) is 0 Å². The minimum atomic E-state index is -0.140. The van der Waals surface area contributed by atoms with Crippen molar-refractivity contribution in [1.82, 2.24) is 10.2 Å². The molecular formula is C18H28FN3. The third-order valence-corrected chi connectivity index (χ3v) is 5.31. The van der Waals surface area contributed by atoms with Crippen molar-refractivity contribution in [3.63, 3.8) is 0 Å². The van der Waals surface area contributed by atoms with E-state index in [1.807, 2.05) is 13.0 Å². The lowest BCUT2D eigenvalue weighted by atomic mass is 10.0. The molecule has 1 atom stereocenters. The van der Waals surface area contributed by atoms with Crippen molar-refractivity contribution in [2.45, 2.75) is 44.7 Å². The Hall–Kier alpha value is -1.13. The maximum Gasteiger partial charge on any atom is 0.123 e. The number of anilines is 1. The number of benzene rings is 1. The molecule has 2 aliphatic rings. The summed E-state index contributed by atoms with van der Waals surface area (Å²) in [7, 11) is 2.24. The lowest BCUT2D eigenvalue weighted by Gasteiger charge is -2.35. The van der Waals surface area contributed by atoms with Crippen LogP contribution >= 0.6 is 0 Å². The van der Waals surface area contributed by atoms with Crippen LogP contribution < -0.4 is 10.2 Å². The molecule has 1 aromatic rings. The first-order valence-corrected chi connectivity index (χ1v) is 8.58. The number of hydrogen-bond acceptors (Lipinski definition) is 3. The average Bonchev–Trinajstić information content (AvgIpc) is 2.91. The van der Waals surface area contributed by atoms with Crippen LogP contribution in [-0.2, 0) is 0 Å². The number of hydrogen-bond donors (Lipinski definition) is 1. The van der Waals surface area contributed by atoms with E-state index >= 15 is 0 Å². The van der Waals surface area contributed by atoms with Crippen molar-refractivity contribution in [3.8, 4) is 0 Å². The predicted octanol–water partition coefficient (Wildman–Crippen LogP) is 2.79. The third kappa shape index (κ3) is 3.61. The molecule has 3 nitrogen and oxygen atoms in total. The van der Waals surface area contributed by atoms with Crippen molar-refractivity contribution in [2.24, 2.45) is 0 Å². The number of nitrogens with zero attached hydrogens (tertiary/aromatic N) is 2. The van der Waals surface area contributed by atoms with E-state index in [0.717, 1.165) is 31.2 Å². The summed E-state index contributed by atoms with van der Waals surface area (Å²) in [6.07, 6.45) is 5.02. The molecule has 122 valence electrons. The second-order valence-electron chi connectivity index (χ2n) is 6.88. The summed E-state index contributed by atoms with van der Waals surface area (Å²) < 4.78 is 13.2. The summed E-state index contributed by atoms with van der Waals surface area (Å²) in [6, 6.07) is 6.48. The highest BCUT2D eigenvalue weighted by atomic mass is 19.1. The average molecular weight is 305 g/mol. The van der Waals surface area contributed by atoms with E-state index in [-0.39, 0.29) is 5.82 Å². The Morgan fingerprint density at radius 3 is 2.59 bits per heavy atom. The van der Waals surface area contributed by atoms with Gasteiger partial charge in [-0.15, -0.1) is 0 Å². The van der Waals surface area contributed by atoms with Crippen molar-refractivity contribution in [2.75, 3.05) is 38.1 Å². The van der Waals surface area contributed by atoms with Crippen molar-refractivity contribution >= 4 is 5.69 Å². The van der Waals surface area contributed by atoms with Crippen LogP contribution in [0.4, 0.5) is 10.1 Å². The van der Waals surface area contributed by atoms with Gasteiger partial charge in [0.05, 0.1) is 0 Å². The zero-order valence-corrected chi connectivity index (χ0v) is 13.8. The van der Waals surface area contributed by atoms with Crippen molar-refractivity contribution in [1.29, 1.82) is 0 Å². The standard InChI is InChI=1S/C18H28FN3/c1-14-12-15(19)5-6-18(14)22-10-7-16(8-11-22)20-13-17-4-3-9-21(17)2/h5-6,12,16-17,20H,3-4,7-11,13H2,1-2H3. The van der Waals surface area contributed by atoms with Gasteiger partial charge >= 0.3 is 0 Å². The molecule has 2 fully saturated rings. The molecule has 2 aliphatic heterocycles. The highest BCUT2D eigenvalue weighted by Crippen LogP contribution is 2.24. The van der Waals surface area contributed by atoms with Crippen molar-refractivity contribution in [3.05, 3.63) is 29.6 Å². The summed E-state index contributed by atoms with van der Waals surface area (Å²) in [5.74, 6) is -0.140. The van der Waals surface area contributed by atoms with Gasteiger partial charge in [0.1, 0.15) is 5.82 Å². The molecule has 0 aliphatic carbocycles. The first-order chi connectivity index (χ1) is 10.6. The summed E-state index contributed by atoms with van der Waals surface area (Å²) in [4.78, 5) is 4.87. The fourth-order valence-electron chi connectivity index (χ4n) is 3.84. The van der Waals surface area contributed by atoms with E-state index in [9.17, 15) is 4.39 Å².